The molecule has 0 aliphatic carbocycles. The van der Waals surface area contributed by atoms with Gasteiger partial charge in [-0.3, -0.25) is 10.4 Å². The highest BCUT2D eigenvalue weighted by Gasteiger charge is 2.10. The lowest BCUT2D eigenvalue weighted by atomic mass is 10.2. The molecular formula is C11H17N3S. The zero-order valence-corrected chi connectivity index (χ0v) is 10.2. The lowest BCUT2D eigenvalue weighted by Crippen LogP contribution is -2.13. The van der Waals surface area contributed by atoms with Gasteiger partial charge in [0.2, 0.25) is 0 Å². The van der Waals surface area contributed by atoms with Crippen LogP contribution in [0, 0.1) is 5.41 Å². The topological polar surface area (TPSA) is 62.8 Å². The molecule has 0 spiro atoms. The molecule has 1 aromatic heterocycles. The number of aromatic nitrogens is 1. The van der Waals surface area contributed by atoms with Crippen molar-refractivity contribution in [2.24, 2.45) is 5.73 Å². The standard InChI is InChI=1S/C11H17N3S/c1-11(2,3)15-7-8-4-5-14-9(6-8)10(12)13/h4-6H,7H2,1-3H3,(H3,12,13). The van der Waals surface area contributed by atoms with E-state index >= 15 is 0 Å². The first-order valence-corrected chi connectivity index (χ1v) is 5.80. The van der Waals surface area contributed by atoms with E-state index in [9.17, 15) is 0 Å². The molecule has 0 fully saturated rings. The van der Waals surface area contributed by atoms with Crippen LogP contribution in [0.25, 0.3) is 0 Å². The van der Waals surface area contributed by atoms with Crippen molar-refractivity contribution < 1.29 is 0 Å². The molecule has 0 saturated carbocycles. The maximum Gasteiger partial charge on any atom is 0.141 e. The predicted molar refractivity (Wildman–Crippen MR) is 66.3 cm³/mol. The van der Waals surface area contributed by atoms with Gasteiger partial charge in [-0.1, -0.05) is 20.8 Å². The summed E-state index contributed by atoms with van der Waals surface area (Å²) in [6, 6.07) is 3.84. The van der Waals surface area contributed by atoms with Crippen LogP contribution in [-0.2, 0) is 5.75 Å². The normalized spacial score (nSPS) is 11.4. The Morgan fingerprint density at radius 1 is 1.53 bits per heavy atom. The van der Waals surface area contributed by atoms with Gasteiger partial charge < -0.3 is 5.73 Å². The second-order valence-corrected chi connectivity index (χ2v) is 6.17. The maximum absolute atomic E-state index is 7.30. The smallest absolute Gasteiger partial charge is 0.141 e. The van der Waals surface area contributed by atoms with Gasteiger partial charge in [-0.15, -0.1) is 0 Å². The minimum atomic E-state index is 0.0256. The minimum Gasteiger partial charge on any atom is -0.382 e. The molecule has 82 valence electrons. The third-order valence-electron chi connectivity index (χ3n) is 1.77. The summed E-state index contributed by atoms with van der Waals surface area (Å²) in [4.78, 5) is 4.02. The molecule has 0 amide bonds. The van der Waals surface area contributed by atoms with Crippen LogP contribution in [0.4, 0.5) is 0 Å². The van der Waals surface area contributed by atoms with Crippen molar-refractivity contribution in [2.45, 2.75) is 31.3 Å². The molecule has 0 aromatic carbocycles. The molecule has 0 atom stereocenters. The van der Waals surface area contributed by atoms with Gasteiger partial charge in [0, 0.05) is 16.7 Å². The van der Waals surface area contributed by atoms with Gasteiger partial charge in [-0.25, -0.2) is 0 Å². The Hall–Kier alpha value is -1.03. The van der Waals surface area contributed by atoms with E-state index < -0.39 is 0 Å². The van der Waals surface area contributed by atoms with Crippen LogP contribution in [-0.4, -0.2) is 15.6 Å². The van der Waals surface area contributed by atoms with Gasteiger partial charge in [-0.05, 0) is 17.7 Å². The highest BCUT2D eigenvalue weighted by Crippen LogP contribution is 2.26. The minimum absolute atomic E-state index is 0.0256. The quantitative estimate of drug-likeness (QED) is 0.611. The number of thioether (sulfide) groups is 1. The lowest BCUT2D eigenvalue weighted by Gasteiger charge is -2.17. The van der Waals surface area contributed by atoms with E-state index in [0.29, 0.717) is 5.69 Å². The van der Waals surface area contributed by atoms with Crippen molar-refractivity contribution in [2.75, 3.05) is 0 Å². The van der Waals surface area contributed by atoms with E-state index in [1.54, 1.807) is 6.20 Å². The first kappa shape index (κ1) is 12.0. The van der Waals surface area contributed by atoms with Crippen LogP contribution < -0.4 is 5.73 Å². The number of pyridine rings is 1. The Bertz CT molecular complexity index is 355. The Morgan fingerprint density at radius 3 is 2.73 bits per heavy atom. The van der Waals surface area contributed by atoms with E-state index in [0.717, 1.165) is 11.3 Å². The molecule has 15 heavy (non-hydrogen) atoms. The maximum atomic E-state index is 7.30. The van der Waals surface area contributed by atoms with Crippen LogP contribution in [0.2, 0.25) is 0 Å². The summed E-state index contributed by atoms with van der Waals surface area (Å²) < 4.78 is 0.250. The molecule has 1 heterocycles. The summed E-state index contributed by atoms with van der Waals surface area (Å²) in [6.07, 6.45) is 1.70. The zero-order chi connectivity index (χ0) is 11.5. The second kappa shape index (κ2) is 4.66. The number of amidine groups is 1. The summed E-state index contributed by atoms with van der Waals surface area (Å²) in [7, 11) is 0. The van der Waals surface area contributed by atoms with Gasteiger partial charge in [0.05, 0.1) is 0 Å². The van der Waals surface area contributed by atoms with Crippen molar-refractivity contribution in [3.05, 3.63) is 29.6 Å². The summed E-state index contributed by atoms with van der Waals surface area (Å²) in [5.74, 6) is 0.948. The number of nitrogens with two attached hydrogens (primary N) is 1. The molecular weight excluding hydrogens is 206 g/mol. The van der Waals surface area contributed by atoms with E-state index in [1.807, 2.05) is 23.9 Å². The number of nitrogens with zero attached hydrogens (tertiary/aromatic N) is 1. The van der Waals surface area contributed by atoms with E-state index in [2.05, 4.69) is 25.8 Å². The van der Waals surface area contributed by atoms with E-state index in [4.69, 9.17) is 11.1 Å². The number of nitrogen functional groups attached to an aromatic ring is 1. The van der Waals surface area contributed by atoms with Crippen molar-refractivity contribution in [1.82, 2.24) is 4.98 Å². The average molecular weight is 223 g/mol. The lowest BCUT2D eigenvalue weighted by molar-refractivity contribution is 0.802. The Morgan fingerprint density at radius 2 is 2.20 bits per heavy atom. The molecule has 1 aromatic rings. The Labute approximate surface area is 95.0 Å². The monoisotopic (exact) mass is 223 g/mol. The van der Waals surface area contributed by atoms with Gasteiger partial charge in [0.25, 0.3) is 0 Å². The second-order valence-electron chi connectivity index (χ2n) is 4.36. The average Bonchev–Trinajstić information content (AvgIpc) is 2.14. The number of hydrogen-bond donors (Lipinski definition) is 2. The van der Waals surface area contributed by atoms with Gasteiger partial charge in [0.1, 0.15) is 11.5 Å². The molecule has 0 saturated heterocycles. The van der Waals surface area contributed by atoms with Crippen molar-refractivity contribution in [3.8, 4) is 0 Å². The molecule has 4 heteroatoms. The molecule has 0 bridgehead atoms. The van der Waals surface area contributed by atoms with E-state index in [1.165, 1.54) is 0 Å². The van der Waals surface area contributed by atoms with Crippen LogP contribution in [0.5, 0.6) is 0 Å². The number of rotatable bonds is 3. The molecule has 3 N–H and O–H groups in total. The molecule has 3 nitrogen and oxygen atoms in total. The van der Waals surface area contributed by atoms with Gasteiger partial charge in [0.15, 0.2) is 0 Å². The molecule has 1 rings (SSSR count). The van der Waals surface area contributed by atoms with Crippen LogP contribution in [0.3, 0.4) is 0 Å². The Kier molecular flexibility index (Phi) is 3.74. The van der Waals surface area contributed by atoms with Crippen LogP contribution in [0.15, 0.2) is 18.3 Å². The number of nitrogens with one attached hydrogen (secondary N) is 1. The highest BCUT2D eigenvalue weighted by molar-refractivity contribution is 7.99. The fraction of sp³-hybridized carbons (Fsp3) is 0.455. The zero-order valence-electron chi connectivity index (χ0n) is 9.37. The summed E-state index contributed by atoms with van der Waals surface area (Å²) in [5.41, 5.74) is 7.10. The fourth-order valence-electron chi connectivity index (χ4n) is 1.01. The van der Waals surface area contributed by atoms with E-state index in [-0.39, 0.29) is 10.6 Å². The molecule has 0 unspecified atom stereocenters. The Balaban J connectivity index is 2.70. The SMILES string of the molecule is CC(C)(C)SCc1ccnc(C(=N)N)c1. The fourth-order valence-corrected chi connectivity index (χ4v) is 1.79. The molecule has 0 aliphatic heterocycles. The first-order chi connectivity index (χ1) is 6.88. The van der Waals surface area contributed by atoms with Gasteiger partial charge >= 0.3 is 0 Å². The van der Waals surface area contributed by atoms with Crippen molar-refractivity contribution in [1.29, 1.82) is 5.41 Å². The number of hydrogen-bond acceptors (Lipinski definition) is 3. The molecule has 0 aliphatic rings. The van der Waals surface area contributed by atoms with Crippen LogP contribution in [0.1, 0.15) is 32.0 Å². The predicted octanol–water partition coefficient (Wildman–Crippen LogP) is 2.40. The highest BCUT2D eigenvalue weighted by atomic mass is 32.2. The summed E-state index contributed by atoms with van der Waals surface area (Å²) in [6.45, 7) is 6.56. The summed E-state index contributed by atoms with van der Waals surface area (Å²) >= 11 is 1.87. The third-order valence-corrected chi connectivity index (χ3v) is 3.12. The van der Waals surface area contributed by atoms with Gasteiger partial charge in [-0.2, -0.15) is 11.8 Å². The molecule has 0 radical (unpaired) electrons. The summed E-state index contributed by atoms with van der Waals surface area (Å²) in [5, 5.41) is 7.30. The van der Waals surface area contributed by atoms with Crippen molar-refractivity contribution in [3.63, 3.8) is 0 Å². The largest absolute Gasteiger partial charge is 0.382 e. The first-order valence-electron chi connectivity index (χ1n) is 4.82. The third kappa shape index (κ3) is 4.34. The van der Waals surface area contributed by atoms with Crippen LogP contribution >= 0.6 is 11.8 Å². The van der Waals surface area contributed by atoms with Crippen molar-refractivity contribution >= 4 is 17.6 Å².